The van der Waals surface area contributed by atoms with E-state index < -0.39 is 7.32 Å². The van der Waals surface area contributed by atoms with Crippen LogP contribution >= 0.6 is 0 Å². The predicted molar refractivity (Wildman–Crippen MR) is 28.4 cm³/mol. The normalized spacial score (nSPS) is 8.20. The van der Waals surface area contributed by atoms with Gasteiger partial charge in [0.25, 0.3) is 0 Å². The minimum Gasteiger partial charge on any atom is -1.00 e. The molecule has 1 rings (SSSR count). The van der Waals surface area contributed by atoms with Crippen LogP contribution in [0.1, 0.15) is 1.43 Å². The van der Waals surface area contributed by atoms with Crippen molar-refractivity contribution >= 4 is 7.32 Å². The molecule has 7 heteroatoms. The van der Waals surface area contributed by atoms with Gasteiger partial charge in [-0.1, -0.05) is 5.16 Å². The Morgan fingerprint density at radius 1 is 1.70 bits per heavy atom. The third-order valence-corrected chi connectivity index (χ3v) is 0.651. The molecule has 0 aliphatic heterocycles. The second-order valence-corrected chi connectivity index (χ2v) is 1.30. The smallest absolute Gasteiger partial charge is 1.00 e. The van der Waals surface area contributed by atoms with E-state index in [1.807, 2.05) is 0 Å². The SMILES string of the molecule is OB(O)Oc1cnoc1.[H-].[K+]. The molecule has 10 heavy (non-hydrogen) atoms. The molecule has 5 nitrogen and oxygen atoms in total. The van der Waals surface area contributed by atoms with Crippen LogP contribution in [0.25, 0.3) is 0 Å². The second kappa shape index (κ2) is 5.30. The third kappa shape index (κ3) is 3.72. The van der Waals surface area contributed by atoms with Crippen LogP contribution in [0.3, 0.4) is 0 Å². The molecular weight excluding hydrogens is 164 g/mol. The summed E-state index contributed by atoms with van der Waals surface area (Å²) in [5.41, 5.74) is 0. The van der Waals surface area contributed by atoms with E-state index >= 15 is 0 Å². The van der Waals surface area contributed by atoms with E-state index in [1.165, 1.54) is 6.20 Å². The number of hydrogen-bond donors (Lipinski definition) is 2. The molecule has 1 aromatic heterocycles. The van der Waals surface area contributed by atoms with Crippen molar-refractivity contribution in [3.05, 3.63) is 12.5 Å². The first kappa shape index (κ1) is 10.6. The molecule has 0 unspecified atom stereocenters. The van der Waals surface area contributed by atoms with Crippen molar-refractivity contribution in [3.63, 3.8) is 0 Å². The van der Waals surface area contributed by atoms with Crippen molar-refractivity contribution in [1.29, 1.82) is 0 Å². The second-order valence-electron chi connectivity index (χ2n) is 1.30. The van der Waals surface area contributed by atoms with E-state index in [2.05, 4.69) is 14.3 Å². The number of nitrogens with zero attached hydrogens (tertiary/aromatic N) is 1. The Labute approximate surface area is 101 Å². The molecule has 0 saturated carbocycles. The molecule has 0 bridgehead atoms. The Morgan fingerprint density at radius 3 is 2.80 bits per heavy atom. The summed E-state index contributed by atoms with van der Waals surface area (Å²) < 4.78 is 8.63. The average Bonchev–Trinajstić information content (AvgIpc) is 2.15. The zero-order valence-corrected chi connectivity index (χ0v) is 8.51. The summed E-state index contributed by atoms with van der Waals surface area (Å²) in [4.78, 5) is 0. The fourth-order valence-electron chi connectivity index (χ4n) is 0.375. The summed E-state index contributed by atoms with van der Waals surface area (Å²) in [6.07, 6.45) is 2.37. The maximum atomic E-state index is 8.19. The Balaban J connectivity index is 0. The molecule has 2 N–H and O–H groups in total. The van der Waals surface area contributed by atoms with Crippen molar-refractivity contribution in [3.8, 4) is 5.75 Å². The molecule has 0 atom stereocenters. The van der Waals surface area contributed by atoms with Crippen molar-refractivity contribution in [2.45, 2.75) is 0 Å². The van der Waals surface area contributed by atoms with Crippen molar-refractivity contribution in [2.24, 2.45) is 0 Å². The van der Waals surface area contributed by atoms with Gasteiger partial charge in [-0.05, 0) is 0 Å². The van der Waals surface area contributed by atoms with Crippen molar-refractivity contribution in [1.82, 2.24) is 5.16 Å². The number of rotatable bonds is 2. The van der Waals surface area contributed by atoms with Gasteiger partial charge < -0.3 is 20.7 Å². The molecule has 0 fully saturated rings. The van der Waals surface area contributed by atoms with Crippen LogP contribution in [0.4, 0.5) is 0 Å². The third-order valence-electron chi connectivity index (χ3n) is 0.651. The van der Waals surface area contributed by atoms with E-state index in [-0.39, 0.29) is 58.6 Å². The molecule has 1 heterocycles. The summed E-state index contributed by atoms with van der Waals surface area (Å²) in [6, 6.07) is 0. The van der Waals surface area contributed by atoms with E-state index in [9.17, 15) is 0 Å². The average molecular weight is 169 g/mol. The fraction of sp³-hybridized carbons (Fsp3) is 0. The first-order valence-corrected chi connectivity index (χ1v) is 2.21. The van der Waals surface area contributed by atoms with Crippen LogP contribution in [-0.4, -0.2) is 22.5 Å². The summed E-state index contributed by atoms with van der Waals surface area (Å²) in [5.74, 6) is 0.185. The minimum atomic E-state index is -1.82. The predicted octanol–water partition coefficient (Wildman–Crippen LogP) is -3.86. The zero-order valence-electron chi connectivity index (χ0n) is 6.39. The molecule has 0 radical (unpaired) electrons. The summed E-state index contributed by atoms with van der Waals surface area (Å²) in [6.45, 7) is 0. The van der Waals surface area contributed by atoms with Gasteiger partial charge in [0.05, 0.1) is 0 Å². The maximum absolute atomic E-state index is 8.19. The first-order valence-electron chi connectivity index (χ1n) is 2.21. The molecule has 0 aromatic carbocycles. The van der Waals surface area contributed by atoms with Crippen LogP contribution in [-0.2, 0) is 0 Å². The first-order chi connectivity index (χ1) is 4.29. The van der Waals surface area contributed by atoms with Gasteiger partial charge in [0, 0.05) is 0 Å². The van der Waals surface area contributed by atoms with E-state index in [1.54, 1.807) is 0 Å². The van der Waals surface area contributed by atoms with Crippen molar-refractivity contribution in [2.75, 3.05) is 0 Å². The van der Waals surface area contributed by atoms with E-state index in [0.29, 0.717) is 0 Å². The molecule has 0 aliphatic carbocycles. The standard InChI is InChI=1S/C3H4BNO4.K.H/c6-4(7)9-3-1-5-8-2-3;;/h1-2,6-7H;;/q;+1;-1. The zero-order chi connectivity index (χ0) is 6.69. The Bertz CT molecular complexity index is 172. The van der Waals surface area contributed by atoms with Crippen LogP contribution in [0, 0.1) is 0 Å². The van der Waals surface area contributed by atoms with Crippen LogP contribution in [0.15, 0.2) is 17.0 Å². The van der Waals surface area contributed by atoms with E-state index in [4.69, 9.17) is 10.0 Å². The van der Waals surface area contributed by atoms with Gasteiger partial charge in [-0.3, -0.25) is 0 Å². The Hall–Kier alpha value is 0.631. The monoisotopic (exact) mass is 169 g/mol. The largest absolute Gasteiger partial charge is 1.00 e. The van der Waals surface area contributed by atoms with Gasteiger partial charge >= 0.3 is 58.7 Å². The maximum Gasteiger partial charge on any atom is 1.00 e. The molecule has 0 aliphatic rings. The van der Waals surface area contributed by atoms with Gasteiger partial charge in [-0.2, -0.15) is 0 Å². The van der Waals surface area contributed by atoms with Gasteiger partial charge in [0.1, 0.15) is 6.20 Å². The van der Waals surface area contributed by atoms with Crippen LogP contribution in [0.2, 0.25) is 0 Å². The quantitative estimate of drug-likeness (QED) is 0.443. The summed E-state index contributed by atoms with van der Waals surface area (Å²) in [5, 5.41) is 19.6. The molecule has 0 saturated heterocycles. The molecule has 50 valence electrons. The Morgan fingerprint density at radius 2 is 2.40 bits per heavy atom. The van der Waals surface area contributed by atoms with E-state index in [0.717, 1.165) is 6.26 Å². The summed E-state index contributed by atoms with van der Waals surface area (Å²) >= 11 is 0. The van der Waals surface area contributed by atoms with Gasteiger partial charge in [0.15, 0.2) is 12.0 Å². The molecule has 0 amide bonds. The van der Waals surface area contributed by atoms with Gasteiger partial charge in [-0.25, -0.2) is 0 Å². The van der Waals surface area contributed by atoms with Crippen LogP contribution in [0.5, 0.6) is 5.75 Å². The topological polar surface area (TPSA) is 75.7 Å². The molecular formula is C3H5BKNO4. The number of aromatic nitrogens is 1. The molecule has 1 aromatic rings. The fourth-order valence-corrected chi connectivity index (χ4v) is 0.375. The Kier molecular flexibility index (Phi) is 5.64. The molecule has 0 spiro atoms. The van der Waals surface area contributed by atoms with Gasteiger partial charge in [-0.15, -0.1) is 0 Å². The van der Waals surface area contributed by atoms with Gasteiger partial charge in [0.2, 0.25) is 0 Å². The minimum absolute atomic E-state index is 0. The summed E-state index contributed by atoms with van der Waals surface area (Å²) in [7, 11) is -1.82. The van der Waals surface area contributed by atoms with Crippen molar-refractivity contribution < 1.29 is 72.0 Å². The number of hydrogen-bond acceptors (Lipinski definition) is 5. The van der Waals surface area contributed by atoms with Crippen LogP contribution < -0.4 is 56.0 Å².